The largest absolute Gasteiger partial charge is 0.176 e. The highest BCUT2D eigenvalue weighted by atomic mass is 28.3. The molecule has 0 nitrogen and oxygen atoms in total. The van der Waals surface area contributed by atoms with E-state index < -0.39 is 8.07 Å². The van der Waals surface area contributed by atoms with Gasteiger partial charge in [-0.3, -0.25) is 0 Å². The molecule has 0 fully saturated rings. The van der Waals surface area contributed by atoms with Crippen LogP contribution in [0.5, 0.6) is 0 Å². The lowest BCUT2D eigenvalue weighted by molar-refractivity contribution is 0.789. The van der Waals surface area contributed by atoms with Crippen molar-refractivity contribution in [3.63, 3.8) is 0 Å². The molecule has 0 aliphatic heterocycles. The Bertz CT molecular complexity index is 1100. The van der Waals surface area contributed by atoms with Gasteiger partial charge in [-0.25, -0.2) is 0 Å². The second-order valence-corrected chi connectivity index (χ2v) is 15.7. The summed E-state index contributed by atoms with van der Waals surface area (Å²) in [6.07, 6.45) is 16.9. The zero-order chi connectivity index (χ0) is 27.7. The number of benzene rings is 3. The third-order valence-corrected chi connectivity index (χ3v) is 13.7. The Morgan fingerprint density at radius 2 is 0.923 bits per heavy atom. The van der Waals surface area contributed by atoms with Crippen LogP contribution in [0.3, 0.4) is 0 Å². The highest BCUT2D eigenvalue weighted by Gasteiger charge is 2.44. The third kappa shape index (κ3) is 6.57. The summed E-state index contributed by atoms with van der Waals surface area (Å²) < 4.78 is 0. The molecule has 206 valence electrons. The van der Waals surface area contributed by atoms with Crippen molar-refractivity contribution in [2.45, 2.75) is 98.8 Å². The maximum absolute atomic E-state index is 2.50. The molecule has 0 unspecified atom stereocenters. The highest BCUT2D eigenvalue weighted by Crippen LogP contribution is 2.33. The molecule has 1 heteroatoms. The summed E-state index contributed by atoms with van der Waals surface area (Å²) in [7, 11) is -2.46. The monoisotopic (exact) mass is 534 g/mol. The van der Waals surface area contributed by atoms with E-state index in [9.17, 15) is 0 Å². The second-order valence-electron chi connectivity index (χ2n) is 11.8. The van der Waals surface area contributed by atoms with E-state index in [1.807, 2.05) is 0 Å². The Morgan fingerprint density at radius 1 is 0.564 bits per heavy atom. The minimum atomic E-state index is -2.46. The van der Waals surface area contributed by atoms with E-state index in [0.29, 0.717) is 5.92 Å². The Morgan fingerprint density at radius 3 is 1.23 bits per heavy atom. The molecule has 0 heterocycles. The Labute approximate surface area is 240 Å². The van der Waals surface area contributed by atoms with Crippen molar-refractivity contribution in [1.29, 1.82) is 0 Å². The fraction of sp³-hybridized carbons (Fsp3) is 0.421. The van der Waals surface area contributed by atoms with Crippen LogP contribution in [0.15, 0.2) is 95.7 Å². The van der Waals surface area contributed by atoms with Crippen LogP contribution in [-0.4, -0.2) is 8.07 Å². The first-order valence-electron chi connectivity index (χ1n) is 15.7. The molecule has 0 spiro atoms. The molecule has 0 saturated heterocycles. The smallest absolute Gasteiger partial charge is 0.0805 e. The van der Waals surface area contributed by atoms with E-state index >= 15 is 0 Å². The summed E-state index contributed by atoms with van der Waals surface area (Å²) in [5.41, 5.74) is 5.96. The SMILES string of the molecule is CCCCc1ccc([Si](C2=C(C(C)C)C=CC2)(c2ccc(CCCC)cc2)c2ccc(CCCC)cc2)cc1. The Balaban J connectivity index is 1.95. The molecule has 0 atom stereocenters. The summed E-state index contributed by atoms with van der Waals surface area (Å²) >= 11 is 0. The van der Waals surface area contributed by atoms with Gasteiger partial charge < -0.3 is 0 Å². The standard InChI is InChI=1S/C38H50Si/c1-6-9-13-31-18-24-34(25-19-31)39(38-17-12-16-37(38)30(4)5,35-26-20-32(21-27-35)14-10-7-2)36-28-22-33(23-29-36)15-11-8-3/h12,16,18-30H,6-11,13-15,17H2,1-5H3. The number of hydrogen-bond donors (Lipinski definition) is 0. The van der Waals surface area contributed by atoms with Crippen molar-refractivity contribution >= 4 is 23.6 Å². The van der Waals surface area contributed by atoms with Gasteiger partial charge in [-0.2, -0.15) is 0 Å². The fourth-order valence-corrected chi connectivity index (χ4v) is 11.6. The van der Waals surface area contributed by atoms with Crippen molar-refractivity contribution in [3.8, 4) is 0 Å². The molecule has 3 aromatic rings. The summed E-state index contributed by atoms with van der Waals surface area (Å²) in [5.74, 6) is 0.516. The molecule has 0 radical (unpaired) electrons. The maximum atomic E-state index is 2.50. The Kier molecular flexibility index (Phi) is 10.6. The minimum Gasteiger partial charge on any atom is -0.0805 e. The van der Waals surface area contributed by atoms with Gasteiger partial charge in [-0.05, 0) is 88.7 Å². The van der Waals surface area contributed by atoms with Gasteiger partial charge in [0.2, 0.25) is 0 Å². The topological polar surface area (TPSA) is 0 Å². The highest BCUT2D eigenvalue weighted by molar-refractivity contribution is 7.16. The quantitative estimate of drug-likeness (QED) is 0.143. The number of allylic oxidation sites excluding steroid dienone is 4. The molecule has 0 amide bonds. The molecule has 0 aromatic heterocycles. The van der Waals surface area contributed by atoms with Gasteiger partial charge in [0.25, 0.3) is 0 Å². The van der Waals surface area contributed by atoms with Gasteiger partial charge in [0.1, 0.15) is 0 Å². The van der Waals surface area contributed by atoms with Crippen LogP contribution in [-0.2, 0) is 19.3 Å². The van der Waals surface area contributed by atoms with Crippen LogP contribution in [0.1, 0.15) is 96.3 Å². The van der Waals surface area contributed by atoms with Crippen molar-refractivity contribution < 1.29 is 0 Å². The van der Waals surface area contributed by atoms with E-state index in [1.54, 1.807) is 10.8 Å². The van der Waals surface area contributed by atoms with Gasteiger partial charge in [-0.1, -0.05) is 144 Å². The molecule has 0 N–H and O–H groups in total. The van der Waals surface area contributed by atoms with Crippen LogP contribution in [0.25, 0.3) is 0 Å². The first-order chi connectivity index (χ1) is 19.0. The molecule has 3 aromatic carbocycles. The number of aryl methyl sites for hydroxylation is 3. The van der Waals surface area contributed by atoms with Gasteiger partial charge in [0.15, 0.2) is 8.07 Å². The number of hydrogen-bond acceptors (Lipinski definition) is 0. The summed E-state index contributed by atoms with van der Waals surface area (Å²) in [4.78, 5) is 0. The van der Waals surface area contributed by atoms with Gasteiger partial charge in [0, 0.05) is 0 Å². The lowest BCUT2D eigenvalue weighted by atomic mass is 10.1. The van der Waals surface area contributed by atoms with Crippen LogP contribution < -0.4 is 15.6 Å². The lowest BCUT2D eigenvalue weighted by Gasteiger charge is -2.37. The van der Waals surface area contributed by atoms with Gasteiger partial charge in [-0.15, -0.1) is 0 Å². The van der Waals surface area contributed by atoms with Crippen LogP contribution >= 0.6 is 0 Å². The van der Waals surface area contributed by atoms with Crippen molar-refractivity contribution in [3.05, 3.63) is 112 Å². The number of unbranched alkanes of at least 4 members (excludes halogenated alkanes) is 3. The van der Waals surface area contributed by atoms with E-state index in [4.69, 9.17) is 0 Å². The molecular formula is C38H50Si. The predicted octanol–water partition coefficient (Wildman–Crippen LogP) is 8.64. The van der Waals surface area contributed by atoms with E-state index in [1.165, 1.54) is 90.0 Å². The van der Waals surface area contributed by atoms with E-state index in [0.717, 1.165) is 6.42 Å². The van der Waals surface area contributed by atoms with E-state index in [2.05, 4.69) is 120 Å². The molecule has 1 aliphatic carbocycles. The second kappa shape index (κ2) is 14.1. The predicted molar refractivity (Wildman–Crippen MR) is 175 cm³/mol. The minimum absolute atomic E-state index is 0.516. The molecule has 4 rings (SSSR count). The normalized spacial score (nSPS) is 13.6. The maximum Gasteiger partial charge on any atom is 0.176 e. The van der Waals surface area contributed by atoms with Crippen LogP contribution in [0.4, 0.5) is 0 Å². The number of rotatable bonds is 14. The first-order valence-corrected chi connectivity index (χ1v) is 17.7. The van der Waals surface area contributed by atoms with Crippen LogP contribution in [0, 0.1) is 5.92 Å². The summed E-state index contributed by atoms with van der Waals surface area (Å²) in [6, 6.07) is 29.5. The lowest BCUT2D eigenvalue weighted by Crippen LogP contribution is -2.68. The van der Waals surface area contributed by atoms with Crippen molar-refractivity contribution in [1.82, 2.24) is 0 Å². The average molecular weight is 535 g/mol. The molecule has 0 saturated carbocycles. The molecule has 1 aliphatic rings. The zero-order valence-electron chi connectivity index (χ0n) is 25.2. The molecular weight excluding hydrogens is 485 g/mol. The summed E-state index contributed by atoms with van der Waals surface area (Å²) in [5, 5.41) is 6.27. The van der Waals surface area contributed by atoms with Gasteiger partial charge in [0.05, 0.1) is 0 Å². The Hall–Kier alpha value is -2.64. The summed E-state index contributed by atoms with van der Waals surface area (Å²) in [6.45, 7) is 11.6. The van der Waals surface area contributed by atoms with E-state index in [-0.39, 0.29) is 0 Å². The zero-order valence-corrected chi connectivity index (χ0v) is 26.2. The fourth-order valence-electron chi connectivity index (χ4n) is 6.36. The first kappa shape index (κ1) is 29.3. The van der Waals surface area contributed by atoms with Crippen molar-refractivity contribution in [2.24, 2.45) is 5.92 Å². The molecule has 39 heavy (non-hydrogen) atoms. The van der Waals surface area contributed by atoms with Gasteiger partial charge >= 0.3 is 0 Å². The third-order valence-electron chi connectivity index (χ3n) is 8.66. The average Bonchev–Trinajstić information content (AvgIpc) is 3.47. The van der Waals surface area contributed by atoms with Crippen LogP contribution in [0.2, 0.25) is 0 Å². The molecule has 0 bridgehead atoms. The van der Waals surface area contributed by atoms with Crippen molar-refractivity contribution in [2.75, 3.05) is 0 Å².